The van der Waals surface area contributed by atoms with Crippen LogP contribution in [0.2, 0.25) is 0 Å². The second kappa shape index (κ2) is 12.9. The van der Waals surface area contributed by atoms with E-state index in [-0.39, 0.29) is 17.7 Å². The van der Waals surface area contributed by atoms with Gasteiger partial charge in [-0.15, -0.1) is 0 Å². The van der Waals surface area contributed by atoms with Crippen molar-refractivity contribution in [3.05, 3.63) is 54.4 Å². The van der Waals surface area contributed by atoms with Gasteiger partial charge in [0.15, 0.2) is 0 Å². The topological polar surface area (TPSA) is 85.5 Å². The van der Waals surface area contributed by atoms with Crippen LogP contribution in [0.3, 0.4) is 0 Å². The van der Waals surface area contributed by atoms with Gasteiger partial charge in [-0.2, -0.15) is 10.4 Å². The van der Waals surface area contributed by atoms with Crippen molar-refractivity contribution in [3.63, 3.8) is 0 Å². The summed E-state index contributed by atoms with van der Waals surface area (Å²) in [6, 6.07) is 16.1. The molecule has 5 rings (SSSR count). The molecule has 2 aromatic heterocycles. The highest BCUT2D eigenvalue weighted by atomic mass is 16.1. The van der Waals surface area contributed by atoms with Crippen LogP contribution in [0.4, 0.5) is 5.69 Å². The Hall–Kier alpha value is -3.37. The molecule has 1 saturated heterocycles. The van der Waals surface area contributed by atoms with Gasteiger partial charge in [0.2, 0.25) is 5.91 Å². The molecule has 3 aromatic rings. The number of amides is 1. The summed E-state index contributed by atoms with van der Waals surface area (Å²) in [6.07, 6.45) is 7.15. The second-order valence-electron chi connectivity index (χ2n) is 10.6. The van der Waals surface area contributed by atoms with Gasteiger partial charge < -0.3 is 10.6 Å². The van der Waals surface area contributed by atoms with Crippen molar-refractivity contribution in [1.82, 2.24) is 19.8 Å². The molecular weight excluding hydrogens is 472 g/mol. The Kier molecular flexibility index (Phi) is 9.41. The molecule has 7 nitrogen and oxygen atoms in total. The predicted octanol–water partition coefficient (Wildman–Crippen LogP) is 5.69. The predicted molar refractivity (Wildman–Crippen MR) is 154 cm³/mol. The van der Waals surface area contributed by atoms with Crippen LogP contribution >= 0.6 is 0 Å². The lowest BCUT2D eigenvalue weighted by atomic mass is 9.82. The highest BCUT2D eigenvalue weighted by Crippen LogP contribution is 2.32. The lowest BCUT2D eigenvalue weighted by molar-refractivity contribution is -0.126. The number of fused-ring (bicyclic) bond motifs is 1. The quantitative estimate of drug-likeness (QED) is 0.377. The molecular formula is C31H42N6O. The highest BCUT2D eigenvalue weighted by molar-refractivity contribution is 5.80. The minimum Gasteiger partial charge on any atom is -0.381 e. The zero-order chi connectivity index (χ0) is 27.1. The number of nitrogens with one attached hydrogen (secondary N) is 2. The fourth-order valence-corrected chi connectivity index (χ4v) is 5.43. The van der Waals surface area contributed by atoms with Crippen LogP contribution in [0.1, 0.15) is 64.9 Å². The molecule has 0 atom stereocenters. The molecule has 7 heteroatoms. The number of likely N-dealkylation sites (tertiary alicyclic amines) is 1. The standard InChI is InChI=1S/C29H36N6O.C2H6/c1-20(2)34-17-26(18-34)23-9-7-22(8-10-23)25-15-28-27(11-12-33-35(28)19-25)31-13-14-32-29(36)24-5-3-21(16-30)4-6-24;1-2/h7-12,15,19-21,24,26,31H,3-6,13-14,17-18H2,1-2H3,(H,32,36);1-2H3. The number of benzene rings is 1. The molecule has 1 aliphatic carbocycles. The van der Waals surface area contributed by atoms with E-state index < -0.39 is 0 Å². The van der Waals surface area contributed by atoms with Crippen LogP contribution in [0, 0.1) is 23.2 Å². The lowest BCUT2D eigenvalue weighted by Gasteiger charge is -2.42. The Morgan fingerprint density at radius 2 is 1.76 bits per heavy atom. The normalized spacial score (nSPS) is 19.8. The second-order valence-corrected chi connectivity index (χ2v) is 10.6. The van der Waals surface area contributed by atoms with Gasteiger partial charge in [0.1, 0.15) is 0 Å². The van der Waals surface area contributed by atoms with Crippen molar-refractivity contribution in [3.8, 4) is 17.2 Å². The fourth-order valence-electron chi connectivity index (χ4n) is 5.43. The Labute approximate surface area is 227 Å². The van der Waals surface area contributed by atoms with Gasteiger partial charge in [-0.05, 0) is 62.8 Å². The van der Waals surface area contributed by atoms with Crippen LogP contribution in [-0.2, 0) is 4.79 Å². The van der Waals surface area contributed by atoms with Gasteiger partial charge in [0.05, 0.1) is 17.3 Å². The summed E-state index contributed by atoms with van der Waals surface area (Å²) in [5.74, 6) is 0.911. The number of carbonyl (C=O) groups is 1. The number of nitrogens with zero attached hydrogens (tertiary/aromatic N) is 4. The maximum atomic E-state index is 12.5. The molecule has 2 fully saturated rings. The molecule has 1 aromatic carbocycles. The molecule has 0 spiro atoms. The molecule has 3 heterocycles. The summed E-state index contributed by atoms with van der Waals surface area (Å²) in [5.41, 5.74) is 5.76. The van der Waals surface area contributed by atoms with E-state index in [2.05, 4.69) is 77.1 Å². The summed E-state index contributed by atoms with van der Waals surface area (Å²) in [4.78, 5) is 15.0. The molecule has 2 N–H and O–H groups in total. The Morgan fingerprint density at radius 1 is 1.05 bits per heavy atom. The van der Waals surface area contributed by atoms with E-state index in [0.717, 1.165) is 55.5 Å². The van der Waals surface area contributed by atoms with E-state index >= 15 is 0 Å². The SMILES string of the molecule is CC.CC(C)N1CC(c2ccc(-c3cc4c(NCCNC(=O)C5CCC(C#N)CC5)ccnn4c3)cc2)C1. The number of anilines is 1. The number of nitriles is 1. The lowest BCUT2D eigenvalue weighted by Crippen LogP contribution is -2.48. The average molecular weight is 515 g/mol. The van der Waals surface area contributed by atoms with Crippen LogP contribution in [-0.4, -0.2) is 52.6 Å². The molecule has 0 radical (unpaired) electrons. The smallest absolute Gasteiger partial charge is 0.223 e. The molecule has 2 aliphatic rings. The largest absolute Gasteiger partial charge is 0.381 e. The molecule has 1 saturated carbocycles. The van der Waals surface area contributed by atoms with E-state index in [9.17, 15) is 4.79 Å². The van der Waals surface area contributed by atoms with Crippen LogP contribution < -0.4 is 10.6 Å². The number of carbonyl (C=O) groups excluding carboxylic acids is 1. The van der Waals surface area contributed by atoms with Crippen molar-refractivity contribution in [2.75, 3.05) is 31.5 Å². The van der Waals surface area contributed by atoms with Crippen LogP contribution in [0.25, 0.3) is 16.6 Å². The van der Waals surface area contributed by atoms with Crippen molar-refractivity contribution in [2.24, 2.45) is 11.8 Å². The van der Waals surface area contributed by atoms with Crippen molar-refractivity contribution < 1.29 is 4.79 Å². The molecule has 38 heavy (non-hydrogen) atoms. The first-order valence-corrected chi connectivity index (χ1v) is 14.2. The summed E-state index contributed by atoms with van der Waals surface area (Å²) < 4.78 is 1.91. The van der Waals surface area contributed by atoms with E-state index in [0.29, 0.717) is 25.0 Å². The first kappa shape index (κ1) is 27.7. The van der Waals surface area contributed by atoms with Gasteiger partial charge >= 0.3 is 0 Å². The molecule has 202 valence electrons. The van der Waals surface area contributed by atoms with E-state index in [1.165, 1.54) is 11.1 Å². The van der Waals surface area contributed by atoms with Gasteiger partial charge in [0.25, 0.3) is 0 Å². The first-order valence-electron chi connectivity index (χ1n) is 14.2. The number of aromatic nitrogens is 2. The Balaban J connectivity index is 0.00000164. The third-order valence-corrected chi connectivity index (χ3v) is 7.88. The van der Waals surface area contributed by atoms with E-state index in [1.54, 1.807) is 6.20 Å². The zero-order valence-corrected chi connectivity index (χ0v) is 23.3. The van der Waals surface area contributed by atoms with Gasteiger partial charge in [-0.3, -0.25) is 9.69 Å². The van der Waals surface area contributed by atoms with Crippen LogP contribution in [0.15, 0.2) is 48.8 Å². The van der Waals surface area contributed by atoms with Crippen molar-refractivity contribution in [1.29, 1.82) is 5.26 Å². The van der Waals surface area contributed by atoms with E-state index in [4.69, 9.17) is 5.26 Å². The molecule has 0 bridgehead atoms. The van der Waals surface area contributed by atoms with Gasteiger partial charge in [-0.25, -0.2) is 4.52 Å². The summed E-state index contributed by atoms with van der Waals surface area (Å²) in [6.45, 7) is 12.0. The molecule has 0 unspecified atom stereocenters. The maximum absolute atomic E-state index is 12.5. The Morgan fingerprint density at radius 3 is 2.42 bits per heavy atom. The van der Waals surface area contributed by atoms with Gasteiger partial charge in [0, 0.05) is 67.9 Å². The minimum absolute atomic E-state index is 0.0419. The van der Waals surface area contributed by atoms with E-state index in [1.807, 2.05) is 24.4 Å². The highest BCUT2D eigenvalue weighted by Gasteiger charge is 2.29. The Bertz CT molecular complexity index is 1230. The zero-order valence-electron chi connectivity index (χ0n) is 23.3. The average Bonchev–Trinajstić information content (AvgIpc) is 3.37. The van der Waals surface area contributed by atoms with Crippen molar-refractivity contribution >= 4 is 17.1 Å². The third-order valence-electron chi connectivity index (χ3n) is 7.88. The summed E-state index contributed by atoms with van der Waals surface area (Å²) >= 11 is 0. The molecule has 1 amide bonds. The number of rotatable bonds is 8. The monoisotopic (exact) mass is 514 g/mol. The first-order chi connectivity index (χ1) is 18.5. The minimum atomic E-state index is 0.0419. The third kappa shape index (κ3) is 6.36. The number of hydrogen-bond acceptors (Lipinski definition) is 5. The fraction of sp³-hybridized carbons (Fsp3) is 0.516. The summed E-state index contributed by atoms with van der Waals surface area (Å²) in [7, 11) is 0. The van der Waals surface area contributed by atoms with Crippen molar-refractivity contribution in [2.45, 2.75) is 65.3 Å². The van der Waals surface area contributed by atoms with Crippen LogP contribution in [0.5, 0.6) is 0 Å². The maximum Gasteiger partial charge on any atom is 0.223 e. The summed E-state index contributed by atoms with van der Waals surface area (Å²) in [5, 5.41) is 20.0. The number of hydrogen-bond donors (Lipinski definition) is 2. The van der Waals surface area contributed by atoms with Gasteiger partial charge in [-0.1, -0.05) is 38.1 Å². The molecule has 1 aliphatic heterocycles.